The van der Waals surface area contributed by atoms with Gasteiger partial charge in [-0.3, -0.25) is 0 Å². The summed E-state index contributed by atoms with van der Waals surface area (Å²) in [6.45, 7) is 0. The third kappa shape index (κ3) is 108. The van der Waals surface area contributed by atoms with Gasteiger partial charge in [0.05, 0.1) is 0 Å². The third-order valence-corrected chi connectivity index (χ3v) is 0. The van der Waals surface area contributed by atoms with Gasteiger partial charge in [-0.05, 0) is 0 Å². The van der Waals surface area contributed by atoms with Gasteiger partial charge in [-0.25, -0.2) is 0 Å². The molecule has 53 valence electrons. The standard InChI is InChI=1S/Al.K.H4O4Si.H2O.V.4H/c;;1-5(2,3)4;;;;;;/h;;1-4H;1H2;;;;;/q;+1;;;;;;;-1. The van der Waals surface area contributed by atoms with Crippen molar-refractivity contribution in [2.24, 2.45) is 0 Å². The second-order valence-corrected chi connectivity index (χ2v) is 1.80. The van der Waals surface area contributed by atoms with Crippen molar-refractivity contribution in [2.75, 3.05) is 0 Å². The van der Waals surface area contributed by atoms with Crippen molar-refractivity contribution in [2.45, 2.75) is 0 Å². The minimum atomic E-state index is -4.61. The molecule has 0 saturated carbocycles. The van der Waals surface area contributed by atoms with Crippen LogP contribution in [0.25, 0.3) is 0 Å². The molecule has 0 bridgehead atoms. The van der Waals surface area contributed by atoms with Crippen LogP contribution in [0, 0.1) is 0 Å². The molecule has 0 spiro atoms. The fourth-order valence-corrected chi connectivity index (χ4v) is 0. The molecule has 1 radical (unpaired) electrons. The van der Waals surface area contributed by atoms with E-state index in [1.54, 1.807) is 0 Å². The van der Waals surface area contributed by atoms with Gasteiger partial charge < -0.3 is 26.1 Å². The Morgan fingerprint density at radius 2 is 1.00 bits per heavy atom. The third-order valence-electron chi connectivity index (χ3n) is 0. The van der Waals surface area contributed by atoms with Gasteiger partial charge in [0.25, 0.3) is 0 Å². The molecule has 0 amide bonds. The summed E-state index contributed by atoms with van der Waals surface area (Å²) in [4.78, 5) is 29.3. The summed E-state index contributed by atoms with van der Waals surface area (Å²) in [6, 6.07) is 0. The van der Waals surface area contributed by atoms with E-state index < -0.39 is 9.05 Å². The van der Waals surface area contributed by atoms with Crippen LogP contribution in [0.5, 0.6) is 0 Å². The van der Waals surface area contributed by atoms with Gasteiger partial charge in [0.2, 0.25) is 0 Å². The Bertz CT molecular complexity index is 37.1. The first-order valence-corrected chi connectivity index (χ1v) is 2.68. The van der Waals surface area contributed by atoms with Gasteiger partial charge in [0.15, 0.2) is 17.4 Å². The summed E-state index contributed by atoms with van der Waals surface area (Å²) in [5.41, 5.74) is 0. The van der Waals surface area contributed by atoms with E-state index in [0.717, 1.165) is 0 Å². The van der Waals surface area contributed by atoms with Gasteiger partial charge in [-0.1, -0.05) is 0 Å². The minimum absolute atomic E-state index is 0. The van der Waals surface area contributed by atoms with Crippen LogP contribution < -0.4 is 51.4 Å². The molecule has 0 aromatic heterocycles. The predicted molar refractivity (Wildman–Crippen MR) is 29.3 cm³/mol. The summed E-state index contributed by atoms with van der Waals surface area (Å²) in [6.07, 6.45) is 0. The van der Waals surface area contributed by atoms with Crippen molar-refractivity contribution < 1.29 is 96.0 Å². The van der Waals surface area contributed by atoms with E-state index in [1.807, 2.05) is 0 Å². The number of hydrogen-bond acceptors (Lipinski definition) is 4. The molecular weight excluding hydrogens is 225 g/mol. The molecule has 0 rings (SSSR count). The van der Waals surface area contributed by atoms with E-state index in [2.05, 4.69) is 0 Å². The topological polar surface area (TPSA) is 112 Å². The summed E-state index contributed by atoms with van der Waals surface area (Å²) in [5, 5.41) is 0. The van der Waals surface area contributed by atoms with Crippen molar-refractivity contribution in [3.63, 3.8) is 0 Å². The maximum Gasteiger partial charge on any atom is 1.00 e. The maximum atomic E-state index is 7.33. The van der Waals surface area contributed by atoms with E-state index in [0.29, 0.717) is 0 Å². The molecule has 5 nitrogen and oxygen atoms in total. The molecule has 0 aliphatic rings. The molecule has 0 saturated heterocycles. The fourth-order valence-electron chi connectivity index (χ4n) is 0. The maximum absolute atomic E-state index is 7.33. The predicted octanol–water partition coefficient (Wildman–Crippen LogP) is -7.50. The van der Waals surface area contributed by atoms with E-state index in [-0.39, 0.29) is 94.2 Å². The molecule has 0 fully saturated rings. The molecule has 6 N–H and O–H groups in total. The van der Waals surface area contributed by atoms with Crippen LogP contribution in [0.4, 0.5) is 0 Å². The van der Waals surface area contributed by atoms with Gasteiger partial charge in [-0.2, -0.15) is 0 Å². The zero-order chi connectivity index (χ0) is 4.50. The van der Waals surface area contributed by atoms with Crippen LogP contribution in [0.2, 0.25) is 0 Å². The smallest absolute Gasteiger partial charge is 1.00 e. The Morgan fingerprint density at radius 3 is 1.00 bits per heavy atom. The molecule has 0 unspecified atom stereocenters. The van der Waals surface area contributed by atoms with E-state index in [9.17, 15) is 0 Å². The van der Waals surface area contributed by atoms with Crippen LogP contribution in [0.15, 0.2) is 0 Å². The molecule has 0 aromatic rings. The first-order valence-electron chi connectivity index (χ1n) is 0.894. The van der Waals surface area contributed by atoms with Crippen molar-refractivity contribution >= 4 is 26.4 Å². The Kier molecular flexibility index (Phi) is 44.2. The fraction of sp³-hybridized carbons (Fsp3) is 0. The Morgan fingerprint density at radius 1 is 1.00 bits per heavy atom. The largest absolute Gasteiger partial charge is 1.00 e. The van der Waals surface area contributed by atoms with E-state index in [4.69, 9.17) is 19.2 Å². The van der Waals surface area contributed by atoms with Crippen LogP contribution >= 0.6 is 0 Å². The van der Waals surface area contributed by atoms with Gasteiger partial charge in [0, 0.05) is 18.6 Å². The number of hydrogen-bond donors (Lipinski definition) is 4. The van der Waals surface area contributed by atoms with Gasteiger partial charge in [-0.15, -0.1) is 0 Å². The van der Waals surface area contributed by atoms with Crippen molar-refractivity contribution in [3.8, 4) is 0 Å². The Labute approximate surface area is 120 Å². The van der Waals surface area contributed by atoms with Crippen LogP contribution in [0.3, 0.4) is 0 Å². The van der Waals surface area contributed by atoms with Crippen molar-refractivity contribution in [3.05, 3.63) is 0 Å². The van der Waals surface area contributed by atoms with E-state index in [1.165, 1.54) is 0 Å². The second-order valence-electron chi connectivity index (χ2n) is 0.600. The molecule has 0 atom stereocenters. The molecule has 9 heteroatoms. The molecule has 9 heavy (non-hydrogen) atoms. The summed E-state index contributed by atoms with van der Waals surface area (Å²) < 4.78 is 0. The molecular formula is H10AlKO5SiV. The average molecular weight is 235 g/mol. The van der Waals surface area contributed by atoms with Gasteiger partial charge >= 0.3 is 60.4 Å². The number of rotatable bonds is 0. The zero-order valence-electron chi connectivity index (χ0n) is 5.24. The molecule has 0 aromatic carbocycles. The minimum Gasteiger partial charge on any atom is -1.00 e. The first-order chi connectivity index (χ1) is 2.00. The summed E-state index contributed by atoms with van der Waals surface area (Å²) >= 11 is 0. The van der Waals surface area contributed by atoms with Gasteiger partial charge in [0.1, 0.15) is 0 Å². The van der Waals surface area contributed by atoms with Crippen LogP contribution in [0.1, 0.15) is 1.43 Å². The van der Waals surface area contributed by atoms with E-state index >= 15 is 0 Å². The first kappa shape index (κ1) is 29.8. The monoisotopic (exact) mass is 235 g/mol. The zero-order valence-corrected chi connectivity index (χ0v) is 9.76. The molecule has 0 aliphatic heterocycles. The normalized spacial score (nSPS) is 6.67. The second kappa shape index (κ2) is 13.4. The van der Waals surface area contributed by atoms with Crippen LogP contribution in [-0.2, 0) is 18.6 Å². The Hall–Kier alpha value is 2.77. The summed E-state index contributed by atoms with van der Waals surface area (Å²) in [7, 11) is -4.61. The quantitative estimate of drug-likeness (QED) is 0.312. The SMILES string of the molecule is O.O[Si](O)(O)O.[AlH3].[H-].[K+].[V]. The van der Waals surface area contributed by atoms with Crippen LogP contribution in [-0.4, -0.2) is 51.1 Å². The molecule has 0 heterocycles. The van der Waals surface area contributed by atoms with Crippen molar-refractivity contribution in [1.82, 2.24) is 0 Å². The molecule has 0 aliphatic carbocycles. The average Bonchev–Trinajstić information content (AvgIpc) is 0.722. The van der Waals surface area contributed by atoms with Crippen molar-refractivity contribution in [1.29, 1.82) is 0 Å². The Balaban J connectivity index is -0.00000000800. The summed E-state index contributed by atoms with van der Waals surface area (Å²) in [5.74, 6) is 0.